The number of hydrogen-bond acceptors (Lipinski definition) is 6. The van der Waals surface area contributed by atoms with Crippen LogP contribution in [0.25, 0.3) is 11.2 Å². The third-order valence-corrected chi connectivity index (χ3v) is 8.57. The Kier molecular flexibility index (Phi) is 8.00. The maximum atomic E-state index is 13.3. The summed E-state index contributed by atoms with van der Waals surface area (Å²) in [6.07, 6.45) is 4.32. The Morgan fingerprint density at radius 3 is 2.38 bits per heavy atom. The van der Waals surface area contributed by atoms with Gasteiger partial charge in [0.15, 0.2) is 11.5 Å². The lowest BCUT2D eigenvalue weighted by atomic mass is 9.83. The number of nitrogens with one attached hydrogen (secondary N) is 1. The minimum atomic E-state index is -4.40. The van der Waals surface area contributed by atoms with Crippen molar-refractivity contribution in [3.8, 4) is 6.07 Å². The van der Waals surface area contributed by atoms with Gasteiger partial charge in [0.25, 0.3) is 0 Å². The van der Waals surface area contributed by atoms with Gasteiger partial charge in [-0.15, -0.1) is 0 Å². The van der Waals surface area contributed by atoms with Crippen molar-refractivity contribution in [1.29, 1.82) is 5.26 Å². The fourth-order valence-corrected chi connectivity index (χ4v) is 6.09. The van der Waals surface area contributed by atoms with E-state index in [-0.39, 0.29) is 11.9 Å². The van der Waals surface area contributed by atoms with E-state index in [0.29, 0.717) is 47.5 Å². The van der Waals surface area contributed by atoms with Crippen LogP contribution < -0.4 is 10.2 Å². The smallest absolute Gasteiger partial charge is 0.368 e. The van der Waals surface area contributed by atoms with Crippen molar-refractivity contribution < 1.29 is 13.2 Å². The highest BCUT2D eigenvalue weighted by molar-refractivity contribution is 5.86. The van der Waals surface area contributed by atoms with E-state index in [1.165, 1.54) is 37.0 Å². The molecule has 2 aliphatic rings. The summed E-state index contributed by atoms with van der Waals surface area (Å²) in [6.45, 7) is 1.81. The van der Waals surface area contributed by atoms with Crippen LogP contribution in [0.2, 0.25) is 0 Å². The maximum Gasteiger partial charge on any atom is 0.416 e. The van der Waals surface area contributed by atoms with E-state index in [2.05, 4.69) is 38.4 Å². The first-order valence-electron chi connectivity index (χ1n) is 14.8. The second-order valence-electron chi connectivity index (χ2n) is 11.4. The van der Waals surface area contributed by atoms with Gasteiger partial charge in [-0.05, 0) is 61.3 Å². The van der Waals surface area contributed by atoms with E-state index in [4.69, 9.17) is 4.98 Å². The first-order chi connectivity index (χ1) is 20.4. The number of nitriles is 1. The van der Waals surface area contributed by atoms with Crippen LogP contribution in [0.15, 0.2) is 54.6 Å². The molecule has 7 nitrogen and oxygen atoms in total. The molecular weight excluding hydrogens is 539 g/mol. The summed E-state index contributed by atoms with van der Waals surface area (Å²) in [4.78, 5) is 16.3. The molecule has 218 valence electrons. The van der Waals surface area contributed by atoms with Crippen molar-refractivity contribution in [3.05, 3.63) is 77.1 Å². The zero-order chi connectivity index (χ0) is 29.1. The zero-order valence-corrected chi connectivity index (χ0v) is 23.4. The second kappa shape index (κ2) is 12.0. The minimum Gasteiger partial charge on any atom is -0.368 e. The van der Waals surface area contributed by atoms with Crippen molar-refractivity contribution in [3.63, 3.8) is 0 Å². The number of rotatable bonds is 9. The first-order valence-corrected chi connectivity index (χ1v) is 14.8. The van der Waals surface area contributed by atoms with Crippen molar-refractivity contribution in [2.75, 3.05) is 23.3 Å². The number of nitrogens with zero attached hydrogens (tertiary/aromatic N) is 6. The van der Waals surface area contributed by atoms with E-state index >= 15 is 0 Å². The minimum absolute atomic E-state index is 0.0406. The Balaban J connectivity index is 1.42. The van der Waals surface area contributed by atoms with Crippen molar-refractivity contribution in [2.24, 2.45) is 5.92 Å². The fraction of sp³-hybridized carbons (Fsp3) is 0.438. The monoisotopic (exact) mass is 573 g/mol. The summed E-state index contributed by atoms with van der Waals surface area (Å²) in [6, 6.07) is 17.9. The summed E-state index contributed by atoms with van der Waals surface area (Å²) in [5.74, 6) is 1.99. The molecule has 1 atom stereocenters. The van der Waals surface area contributed by atoms with Gasteiger partial charge in [-0.1, -0.05) is 61.7 Å². The van der Waals surface area contributed by atoms with Crippen LogP contribution in [-0.4, -0.2) is 38.7 Å². The van der Waals surface area contributed by atoms with Crippen LogP contribution in [0.3, 0.4) is 0 Å². The number of halogens is 3. The third-order valence-electron chi connectivity index (χ3n) is 8.57. The highest BCUT2D eigenvalue weighted by Gasteiger charge is 2.31. The van der Waals surface area contributed by atoms with Crippen LogP contribution in [0.4, 0.5) is 24.9 Å². The average molecular weight is 574 g/mol. The molecule has 1 aliphatic carbocycles. The molecule has 1 unspecified atom stereocenters. The summed E-state index contributed by atoms with van der Waals surface area (Å²) < 4.78 is 41.9. The summed E-state index contributed by atoms with van der Waals surface area (Å²) >= 11 is 0. The number of piperidine rings is 1. The fourth-order valence-electron chi connectivity index (χ4n) is 6.09. The molecule has 3 heterocycles. The number of fused-ring (bicyclic) bond motifs is 1. The molecule has 4 aromatic rings. The predicted octanol–water partition coefficient (Wildman–Crippen LogP) is 6.97. The average Bonchev–Trinajstić information content (AvgIpc) is 3.32. The lowest BCUT2D eigenvalue weighted by Crippen LogP contribution is -2.42. The Labute approximate surface area is 243 Å². The Morgan fingerprint density at radius 1 is 0.905 bits per heavy atom. The van der Waals surface area contributed by atoms with Crippen LogP contribution in [-0.2, 0) is 19.1 Å². The van der Waals surface area contributed by atoms with Crippen molar-refractivity contribution in [1.82, 2.24) is 19.5 Å². The SMILES string of the molecule is N#Cc1nc(NCCC2CCC2)c2c(n1)nc(N1CCCCC1Cc1ccccc1)n2Cc1ccc(C(F)(F)F)cc1. The molecule has 2 aromatic carbocycles. The van der Waals surface area contributed by atoms with Crippen molar-refractivity contribution in [2.45, 2.75) is 70.1 Å². The van der Waals surface area contributed by atoms with E-state index in [9.17, 15) is 18.4 Å². The number of hydrogen-bond donors (Lipinski definition) is 1. The van der Waals surface area contributed by atoms with Crippen LogP contribution in [0.1, 0.15) is 67.5 Å². The quantitative estimate of drug-likeness (QED) is 0.233. The van der Waals surface area contributed by atoms with Gasteiger partial charge in [-0.3, -0.25) is 0 Å². The molecule has 1 aliphatic heterocycles. The van der Waals surface area contributed by atoms with Gasteiger partial charge in [0, 0.05) is 19.1 Å². The molecule has 1 saturated carbocycles. The van der Waals surface area contributed by atoms with E-state index in [1.807, 2.05) is 22.8 Å². The Bertz CT molecular complexity index is 1550. The lowest BCUT2D eigenvalue weighted by Gasteiger charge is -2.37. The third kappa shape index (κ3) is 6.06. The molecule has 0 amide bonds. The number of benzene rings is 2. The van der Waals surface area contributed by atoms with Gasteiger partial charge in [0.2, 0.25) is 11.8 Å². The highest BCUT2D eigenvalue weighted by atomic mass is 19.4. The van der Waals surface area contributed by atoms with Crippen LogP contribution in [0.5, 0.6) is 0 Å². The standard InChI is InChI=1S/C32H34F3N7/c33-32(34,35)25-14-12-24(13-15-25)21-42-28-29(37-17-16-22-9-6-10-22)38-27(20-36)39-30(28)40-31(42)41-18-5-4-11-26(41)19-23-7-2-1-3-8-23/h1-3,7-8,12-15,22,26H,4-6,9-11,16-19,21H2,(H,37,38,39). The van der Waals surface area contributed by atoms with Gasteiger partial charge >= 0.3 is 6.18 Å². The summed E-state index contributed by atoms with van der Waals surface area (Å²) in [7, 11) is 0. The Hall–Kier alpha value is -4.13. The second-order valence-corrected chi connectivity index (χ2v) is 11.4. The molecule has 1 saturated heterocycles. The zero-order valence-electron chi connectivity index (χ0n) is 23.4. The van der Waals surface area contributed by atoms with Gasteiger partial charge in [-0.25, -0.2) is 0 Å². The number of anilines is 2. The highest BCUT2D eigenvalue weighted by Crippen LogP contribution is 2.34. The normalized spacial score (nSPS) is 17.7. The van der Waals surface area contributed by atoms with Gasteiger partial charge in [-0.2, -0.15) is 33.4 Å². The van der Waals surface area contributed by atoms with Crippen LogP contribution in [0, 0.1) is 17.2 Å². The largest absolute Gasteiger partial charge is 0.416 e. The van der Waals surface area contributed by atoms with Crippen molar-refractivity contribution >= 4 is 22.9 Å². The van der Waals surface area contributed by atoms with E-state index < -0.39 is 11.7 Å². The molecule has 0 radical (unpaired) electrons. The maximum absolute atomic E-state index is 13.3. The van der Waals surface area contributed by atoms with E-state index in [1.54, 1.807) is 0 Å². The lowest BCUT2D eigenvalue weighted by molar-refractivity contribution is -0.137. The molecule has 0 spiro atoms. The topological polar surface area (TPSA) is 82.7 Å². The summed E-state index contributed by atoms with van der Waals surface area (Å²) in [5, 5.41) is 13.2. The summed E-state index contributed by atoms with van der Waals surface area (Å²) in [5.41, 5.74) is 2.36. The first kappa shape index (κ1) is 28.0. The molecule has 2 fully saturated rings. The van der Waals surface area contributed by atoms with Gasteiger partial charge < -0.3 is 14.8 Å². The van der Waals surface area contributed by atoms with Gasteiger partial charge in [0.1, 0.15) is 11.6 Å². The van der Waals surface area contributed by atoms with Gasteiger partial charge in [0.05, 0.1) is 12.1 Å². The molecule has 6 rings (SSSR count). The molecule has 10 heteroatoms. The number of aromatic nitrogens is 4. The number of alkyl halides is 3. The Morgan fingerprint density at radius 2 is 1.69 bits per heavy atom. The molecule has 1 N–H and O–H groups in total. The van der Waals surface area contributed by atoms with E-state index in [0.717, 1.165) is 50.8 Å². The molecule has 2 aromatic heterocycles. The van der Waals surface area contributed by atoms with Crippen LogP contribution >= 0.6 is 0 Å². The number of imidazole rings is 1. The molecule has 42 heavy (non-hydrogen) atoms. The predicted molar refractivity (Wildman–Crippen MR) is 156 cm³/mol. The molecular formula is C32H34F3N7. The molecule has 0 bridgehead atoms.